The molecule has 3 heterocycles. The van der Waals surface area contributed by atoms with Crippen molar-refractivity contribution in [3.63, 3.8) is 0 Å². The first-order valence-electron chi connectivity index (χ1n) is 9.59. The highest BCUT2D eigenvalue weighted by atomic mass is 16.5. The van der Waals surface area contributed by atoms with Gasteiger partial charge in [-0.1, -0.05) is 11.3 Å². The SMILES string of the molecule is Cc1ccc(C#N)cc1OC1CN(C(=O)CNC(=O)c2cn(-c3cccnc3)nn2)C1. The van der Waals surface area contributed by atoms with Crippen LogP contribution >= 0.6 is 0 Å². The lowest BCUT2D eigenvalue weighted by atomic mass is 10.1. The van der Waals surface area contributed by atoms with Crippen LogP contribution in [0, 0.1) is 18.3 Å². The van der Waals surface area contributed by atoms with Crippen LogP contribution in [0.4, 0.5) is 0 Å². The average Bonchev–Trinajstić information content (AvgIpc) is 3.26. The molecule has 1 N–H and O–H groups in total. The van der Waals surface area contributed by atoms with Gasteiger partial charge in [-0.2, -0.15) is 5.26 Å². The number of carbonyl (C=O) groups excluding carboxylic acids is 2. The number of nitrogens with one attached hydrogen (secondary N) is 1. The van der Waals surface area contributed by atoms with Crippen LogP contribution in [-0.2, 0) is 4.79 Å². The van der Waals surface area contributed by atoms with Gasteiger partial charge in [0.2, 0.25) is 5.91 Å². The van der Waals surface area contributed by atoms with E-state index in [1.165, 1.54) is 10.9 Å². The molecule has 0 bridgehead atoms. The summed E-state index contributed by atoms with van der Waals surface area (Å²) in [5.41, 5.74) is 2.23. The standard InChI is InChI=1S/C21H19N7O3/c1-14-4-5-15(8-22)7-19(14)31-17-11-27(12-17)20(29)10-24-21(30)18-13-28(26-25-18)16-3-2-6-23-9-16/h2-7,9,13,17H,10-12H2,1H3,(H,24,30). The molecule has 0 spiro atoms. The van der Waals surface area contributed by atoms with Crippen molar-refractivity contribution in [2.24, 2.45) is 0 Å². The number of hydrogen-bond acceptors (Lipinski definition) is 7. The third-order valence-corrected chi connectivity index (χ3v) is 4.85. The molecule has 0 unspecified atom stereocenters. The summed E-state index contributed by atoms with van der Waals surface area (Å²) in [7, 11) is 0. The summed E-state index contributed by atoms with van der Waals surface area (Å²) < 4.78 is 7.32. The Bertz CT molecular complexity index is 1150. The van der Waals surface area contributed by atoms with E-state index in [-0.39, 0.29) is 24.2 Å². The number of ether oxygens (including phenoxy) is 1. The number of pyridine rings is 1. The Kier molecular flexibility index (Phi) is 5.57. The first-order valence-corrected chi connectivity index (χ1v) is 9.59. The zero-order chi connectivity index (χ0) is 21.8. The lowest BCUT2D eigenvalue weighted by Gasteiger charge is -2.39. The van der Waals surface area contributed by atoms with Crippen LogP contribution in [0.25, 0.3) is 5.69 Å². The van der Waals surface area contributed by atoms with Gasteiger partial charge in [-0.25, -0.2) is 4.68 Å². The van der Waals surface area contributed by atoms with Crippen molar-refractivity contribution in [1.29, 1.82) is 5.26 Å². The van der Waals surface area contributed by atoms with Crippen LogP contribution in [0.15, 0.2) is 48.9 Å². The Morgan fingerprint density at radius 1 is 1.32 bits per heavy atom. The van der Waals surface area contributed by atoms with Gasteiger partial charge in [0.15, 0.2) is 5.69 Å². The van der Waals surface area contributed by atoms with E-state index < -0.39 is 5.91 Å². The fraction of sp³-hybridized carbons (Fsp3) is 0.238. The second-order valence-corrected chi connectivity index (χ2v) is 7.07. The van der Waals surface area contributed by atoms with Crippen molar-refractivity contribution in [1.82, 2.24) is 30.2 Å². The van der Waals surface area contributed by atoms with Crippen molar-refractivity contribution in [3.05, 3.63) is 65.7 Å². The molecule has 1 saturated heterocycles. The molecule has 1 aliphatic heterocycles. The van der Waals surface area contributed by atoms with Gasteiger partial charge in [0.25, 0.3) is 5.91 Å². The summed E-state index contributed by atoms with van der Waals surface area (Å²) in [6, 6.07) is 10.9. The van der Waals surface area contributed by atoms with Crippen LogP contribution in [0.3, 0.4) is 0 Å². The zero-order valence-corrected chi connectivity index (χ0v) is 16.7. The maximum Gasteiger partial charge on any atom is 0.273 e. The molecule has 1 aliphatic rings. The molecule has 1 aromatic carbocycles. The predicted molar refractivity (Wildman–Crippen MR) is 108 cm³/mol. The highest BCUT2D eigenvalue weighted by Gasteiger charge is 2.32. The number of rotatable bonds is 6. The van der Waals surface area contributed by atoms with Crippen LogP contribution in [0.2, 0.25) is 0 Å². The number of amides is 2. The molecule has 0 atom stereocenters. The Hall–Kier alpha value is -4.26. The van der Waals surface area contributed by atoms with Crippen molar-refractivity contribution in [3.8, 4) is 17.5 Å². The Balaban J connectivity index is 1.25. The molecular formula is C21H19N7O3. The molecule has 4 rings (SSSR count). The molecule has 3 aromatic rings. The van der Waals surface area contributed by atoms with E-state index in [1.807, 2.05) is 13.0 Å². The summed E-state index contributed by atoms with van der Waals surface area (Å²) in [4.78, 5) is 30.2. The molecule has 31 heavy (non-hydrogen) atoms. The van der Waals surface area contributed by atoms with Gasteiger partial charge < -0.3 is 15.0 Å². The van der Waals surface area contributed by atoms with E-state index in [0.29, 0.717) is 30.1 Å². The highest BCUT2D eigenvalue weighted by Crippen LogP contribution is 2.23. The maximum absolute atomic E-state index is 12.3. The lowest BCUT2D eigenvalue weighted by Crippen LogP contribution is -2.58. The second kappa shape index (κ2) is 8.62. The maximum atomic E-state index is 12.3. The van der Waals surface area contributed by atoms with Gasteiger partial charge >= 0.3 is 0 Å². The fourth-order valence-corrected chi connectivity index (χ4v) is 3.03. The van der Waals surface area contributed by atoms with Crippen LogP contribution in [0.5, 0.6) is 5.75 Å². The Morgan fingerprint density at radius 3 is 2.90 bits per heavy atom. The number of aryl methyl sites for hydroxylation is 1. The summed E-state index contributed by atoms with van der Waals surface area (Å²) in [5.74, 6) is -0.0581. The minimum atomic E-state index is -0.485. The number of nitriles is 1. The number of aromatic nitrogens is 4. The molecule has 10 heteroatoms. The minimum absolute atomic E-state index is 0.106. The first kappa shape index (κ1) is 20.0. The summed E-state index contributed by atoms with van der Waals surface area (Å²) in [6.45, 7) is 2.59. The predicted octanol–water partition coefficient (Wildman–Crippen LogP) is 0.862. The van der Waals surface area contributed by atoms with E-state index in [2.05, 4.69) is 26.7 Å². The third kappa shape index (κ3) is 4.51. The van der Waals surface area contributed by atoms with Crippen LogP contribution in [0.1, 0.15) is 21.6 Å². The Morgan fingerprint density at radius 2 is 2.16 bits per heavy atom. The molecular weight excluding hydrogens is 398 g/mol. The molecule has 0 saturated carbocycles. The fourth-order valence-electron chi connectivity index (χ4n) is 3.03. The summed E-state index contributed by atoms with van der Waals surface area (Å²) in [5, 5.41) is 19.3. The van der Waals surface area contributed by atoms with Gasteiger partial charge in [-0.15, -0.1) is 5.10 Å². The van der Waals surface area contributed by atoms with Gasteiger partial charge in [0, 0.05) is 6.20 Å². The minimum Gasteiger partial charge on any atom is -0.486 e. The monoisotopic (exact) mass is 417 g/mol. The molecule has 0 radical (unpaired) electrons. The number of nitrogens with zero attached hydrogens (tertiary/aromatic N) is 6. The number of carbonyl (C=O) groups is 2. The average molecular weight is 417 g/mol. The topological polar surface area (TPSA) is 126 Å². The first-order chi connectivity index (χ1) is 15.0. The highest BCUT2D eigenvalue weighted by molar-refractivity contribution is 5.94. The van der Waals surface area contributed by atoms with Gasteiger partial charge in [-0.3, -0.25) is 14.6 Å². The van der Waals surface area contributed by atoms with Crippen LogP contribution in [-0.4, -0.2) is 62.4 Å². The quantitative estimate of drug-likeness (QED) is 0.630. The second-order valence-electron chi connectivity index (χ2n) is 7.07. The molecule has 0 aliphatic carbocycles. The van der Waals surface area contributed by atoms with E-state index in [4.69, 9.17) is 10.00 Å². The molecule has 2 amide bonds. The number of benzene rings is 1. The van der Waals surface area contributed by atoms with E-state index in [1.54, 1.807) is 41.6 Å². The van der Waals surface area contributed by atoms with Crippen molar-refractivity contribution < 1.29 is 14.3 Å². The summed E-state index contributed by atoms with van der Waals surface area (Å²) >= 11 is 0. The lowest BCUT2D eigenvalue weighted by molar-refractivity contribution is -0.138. The smallest absolute Gasteiger partial charge is 0.273 e. The largest absolute Gasteiger partial charge is 0.486 e. The van der Waals surface area contributed by atoms with E-state index >= 15 is 0 Å². The zero-order valence-electron chi connectivity index (χ0n) is 16.7. The molecule has 156 valence electrons. The van der Waals surface area contributed by atoms with Gasteiger partial charge in [-0.05, 0) is 36.8 Å². The van der Waals surface area contributed by atoms with Gasteiger partial charge in [0.05, 0.1) is 49.3 Å². The van der Waals surface area contributed by atoms with Crippen molar-refractivity contribution >= 4 is 11.8 Å². The third-order valence-electron chi connectivity index (χ3n) is 4.85. The van der Waals surface area contributed by atoms with Crippen molar-refractivity contribution in [2.75, 3.05) is 19.6 Å². The van der Waals surface area contributed by atoms with Gasteiger partial charge in [0.1, 0.15) is 11.9 Å². The molecule has 10 nitrogen and oxygen atoms in total. The summed E-state index contributed by atoms with van der Waals surface area (Å²) in [6.07, 6.45) is 4.56. The number of likely N-dealkylation sites (tertiary alicyclic amines) is 1. The number of hydrogen-bond donors (Lipinski definition) is 1. The Labute approximate surface area is 178 Å². The van der Waals surface area contributed by atoms with Crippen LogP contribution < -0.4 is 10.1 Å². The van der Waals surface area contributed by atoms with E-state index in [0.717, 1.165) is 5.56 Å². The van der Waals surface area contributed by atoms with Crippen molar-refractivity contribution in [2.45, 2.75) is 13.0 Å². The van der Waals surface area contributed by atoms with E-state index in [9.17, 15) is 9.59 Å². The normalized spacial score (nSPS) is 13.2. The molecule has 1 fully saturated rings. The molecule has 2 aromatic heterocycles.